The van der Waals surface area contributed by atoms with Gasteiger partial charge in [-0.2, -0.15) is 0 Å². The number of aliphatic hydroxyl groups excluding tert-OH is 1. The zero-order valence-electron chi connectivity index (χ0n) is 13.9. The SMILES string of the molecule is CCCCOCC(O)CN1CCCCC1CNCCOC. The Hall–Kier alpha value is -0.200. The molecule has 126 valence electrons. The molecule has 5 nitrogen and oxygen atoms in total. The van der Waals surface area contributed by atoms with Crippen LogP contribution in [-0.4, -0.2) is 75.3 Å². The van der Waals surface area contributed by atoms with E-state index >= 15 is 0 Å². The number of hydrogen-bond acceptors (Lipinski definition) is 5. The normalized spacial score (nSPS) is 21.6. The molecule has 0 radical (unpaired) electrons. The third-order valence-corrected chi connectivity index (χ3v) is 4.01. The van der Waals surface area contributed by atoms with Gasteiger partial charge < -0.3 is 19.9 Å². The van der Waals surface area contributed by atoms with Crippen molar-refractivity contribution in [1.29, 1.82) is 0 Å². The number of piperidine rings is 1. The first kappa shape index (κ1) is 18.8. The van der Waals surface area contributed by atoms with Crippen LogP contribution >= 0.6 is 0 Å². The van der Waals surface area contributed by atoms with Crippen LogP contribution in [0.25, 0.3) is 0 Å². The summed E-state index contributed by atoms with van der Waals surface area (Å²) in [6.07, 6.45) is 5.57. The summed E-state index contributed by atoms with van der Waals surface area (Å²) in [5.41, 5.74) is 0. The molecule has 1 heterocycles. The lowest BCUT2D eigenvalue weighted by atomic mass is 10.0. The highest BCUT2D eigenvalue weighted by Crippen LogP contribution is 2.16. The lowest BCUT2D eigenvalue weighted by molar-refractivity contribution is 0.00148. The number of likely N-dealkylation sites (tertiary alicyclic amines) is 1. The molecule has 1 saturated heterocycles. The summed E-state index contributed by atoms with van der Waals surface area (Å²) in [4.78, 5) is 2.41. The Kier molecular flexibility index (Phi) is 11.1. The molecule has 1 aliphatic heterocycles. The van der Waals surface area contributed by atoms with E-state index in [1.807, 2.05) is 0 Å². The number of ether oxygens (including phenoxy) is 2. The molecule has 5 heteroatoms. The van der Waals surface area contributed by atoms with Crippen molar-refractivity contribution < 1.29 is 14.6 Å². The number of hydrogen-bond donors (Lipinski definition) is 2. The average molecular weight is 302 g/mol. The fourth-order valence-electron chi connectivity index (χ4n) is 2.76. The van der Waals surface area contributed by atoms with Crippen LogP contribution in [0.5, 0.6) is 0 Å². The summed E-state index contributed by atoms with van der Waals surface area (Å²) in [6.45, 7) is 7.80. The number of aliphatic hydroxyl groups is 1. The van der Waals surface area contributed by atoms with Gasteiger partial charge in [0.1, 0.15) is 0 Å². The number of rotatable bonds is 12. The molecule has 0 aromatic carbocycles. The van der Waals surface area contributed by atoms with Gasteiger partial charge in [0, 0.05) is 39.4 Å². The Morgan fingerprint density at radius 1 is 1.33 bits per heavy atom. The van der Waals surface area contributed by atoms with Gasteiger partial charge in [-0.3, -0.25) is 4.90 Å². The molecule has 0 aliphatic carbocycles. The maximum absolute atomic E-state index is 10.1. The highest BCUT2D eigenvalue weighted by Gasteiger charge is 2.23. The summed E-state index contributed by atoms with van der Waals surface area (Å²) in [6, 6.07) is 0.529. The standard InChI is InChI=1S/C16H34N2O3/c1-3-4-10-21-14-16(19)13-18-9-6-5-7-15(18)12-17-8-11-20-2/h15-17,19H,3-14H2,1-2H3. The Bertz CT molecular complexity index is 242. The van der Waals surface area contributed by atoms with E-state index in [1.165, 1.54) is 19.3 Å². The van der Waals surface area contributed by atoms with Crippen molar-refractivity contribution in [2.24, 2.45) is 0 Å². The van der Waals surface area contributed by atoms with Crippen molar-refractivity contribution in [3.8, 4) is 0 Å². The molecule has 1 rings (SSSR count). The van der Waals surface area contributed by atoms with E-state index in [9.17, 15) is 5.11 Å². The van der Waals surface area contributed by atoms with Gasteiger partial charge in [0.25, 0.3) is 0 Å². The van der Waals surface area contributed by atoms with Gasteiger partial charge in [-0.25, -0.2) is 0 Å². The van der Waals surface area contributed by atoms with Gasteiger partial charge in [0.2, 0.25) is 0 Å². The maximum Gasteiger partial charge on any atom is 0.0900 e. The van der Waals surface area contributed by atoms with Crippen molar-refractivity contribution in [3.05, 3.63) is 0 Å². The molecule has 0 amide bonds. The zero-order valence-corrected chi connectivity index (χ0v) is 13.9. The molecule has 0 aromatic rings. The molecule has 0 saturated carbocycles. The van der Waals surface area contributed by atoms with E-state index in [2.05, 4.69) is 17.1 Å². The first-order valence-electron chi connectivity index (χ1n) is 8.47. The van der Waals surface area contributed by atoms with E-state index in [-0.39, 0.29) is 6.10 Å². The van der Waals surface area contributed by atoms with Crippen LogP contribution in [0.2, 0.25) is 0 Å². The van der Waals surface area contributed by atoms with Crippen molar-refractivity contribution in [3.63, 3.8) is 0 Å². The highest BCUT2D eigenvalue weighted by molar-refractivity contribution is 4.80. The molecule has 2 N–H and O–H groups in total. The first-order chi connectivity index (χ1) is 10.3. The molecule has 21 heavy (non-hydrogen) atoms. The minimum atomic E-state index is -0.374. The topological polar surface area (TPSA) is 54.0 Å². The minimum absolute atomic E-state index is 0.374. The Morgan fingerprint density at radius 2 is 2.19 bits per heavy atom. The quantitative estimate of drug-likeness (QED) is 0.532. The van der Waals surface area contributed by atoms with E-state index in [0.717, 1.165) is 52.2 Å². The van der Waals surface area contributed by atoms with Gasteiger partial charge in [0.15, 0.2) is 0 Å². The molecule has 2 unspecified atom stereocenters. The lowest BCUT2D eigenvalue weighted by Crippen LogP contribution is -2.49. The number of methoxy groups -OCH3 is 1. The van der Waals surface area contributed by atoms with Crippen molar-refractivity contribution in [2.75, 3.05) is 53.1 Å². The summed E-state index contributed by atoms with van der Waals surface area (Å²) in [5, 5.41) is 13.6. The van der Waals surface area contributed by atoms with Crippen LogP contribution < -0.4 is 5.32 Å². The third-order valence-electron chi connectivity index (χ3n) is 4.01. The number of nitrogens with one attached hydrogen (secondary N) is 1. The fourth-order valence-corrected chi connectivity index (χ4v) is 2.76. The van der Waals surface area contributed by atoms with Gasteiger partial charge in [0.05, 0.1) is 19.3 Å². The molecular formula is C16H34N2O3. The Morgan fingerprint density at radius 3 is 2.95 bits per heavy atom. The second kappa shape index (κ2) is 12.4. The second-order valence-electron chi connectivity index (χ2n) is 5.92. The van der Waals surface area contributed by atoms with Gasteiger partial charge >= 0.3 is 0 Å². The zero-order chi connectivity index (χ0) is 15.3. The van der Waals surface area contributed by atoms with E-state index < -0.39 is 0 Å². The average Bonchev–Trinajstić information content (AvgIpc) is 2.50. The molecule has 0 aromatic heterocycles. The predicted molar refractivity (Wildman–Crippen MR) is 85.7 cm³/mol. The predicted octanol–water partition coefficient (Wildman–Crippen LogP) is 1.25. The van der Waals surface area contributed by atoms with Gasteiger partial charge in [-0.05, 0) is 25.8 Å². The highest BCUT2D eigenvalue weighted by atomic mass is 16.5. The van der Waals surface area contributed by atoms with Crippen LogP contribution in [0.15, 0.2) is 0 Å². The van der Waals surface area contributed by atoms with Gasteiger partial charge in [-0.15, -0.1) is 0 Å². The summed E-state index contributed by atoms with van der Waals surface area (Å²) in [5.74, 6) is 0. The largest absolute Gasteiger partial charge is 0.389 e. The van der Waals surface area contributed by atoms with Crippen LogP contribution in [-0.2, 0) is 9.47 Å². The van der Waals surface area contributed by atoms with Crippen molar-refractivity contribution in [2.45, 2.75) is 51.2 Å². The summed E-state index contributed by atoms with van der Waals surface area (Å²) in [7, 11) is 1.73. The van der Waals surface area contributed by atoms with Gasteiger partial charge in [-0.1, -0.05) is 19.8 Å². The van der Waals surface area contributed by atoms with E-state index in [4.69, 9.17) is 9.47 Å². The Balaban J connectivity index is 2.21. The fraction of sp³-hybridized carbons (Fsp3) is 1.00. The maximum atomic E-state index is 10.1. The minimum Gasteiger partial charge on any atom is -0.389 e. The van der Waals surface area contributed by atoms with Crippen LogP contribution in [0.4, 0.5) is 0 Å². The van der Waals surface area contributed by atoms with Crippen LogP contribution in [0.3, 0.4) is 0 Å². The smallest absolute Gasteiger partial charge is 0.0900 e. The van der Waals surface area contributed by atoms with Crippen LogP contribution in [0, 0.1) is 0 Å². The second-order valence-corrected chi connectivity index (χ2v) is 5.92. The van der Waals surface area contributed by atoms with Crippen LogP contribution in [0.1, 0.15) is 39.0 Å². The summed E-state index contributed by atoms with van der Waals surface area (Å²) < 4.78 is 10.6. The number of β-amino-alcohol motifs (C(OH)–C–C–N with tert-alkyl or cyclic N) is 1. The molecule has 1 aliphatic rings. The Labute approximate surface area is 130 Å². The molecule has 0 bridgehead atoms. The molecule has 1 fully saturated rings. The van der Waals surface area contributed by atoms with Crippen molar-refractivity contribution in [1.82, 2.24) is 10.2 Å². The molecule has 0 spiro atoms. The summed E-state index contributed by atoms with van der Waals surface area (Å²) >= 11 is 0. The third kappa shape index (κ3) is 8.73. The number of unbranched alkanes of at least 4 members (excludes halogenated alkanes) is 1. The van der Waals surface area contributed by atoms with E-state index in [0.29, 0.717) is 12.6 Å². The van der Waals surface area contributed by atoms with Crippen molar-refractivity contribution >= 4 is 0 Å². The lowest BCUT2D eigenvalue weighted by Gasteiger charge is -2.37. The first-order valence-corrected chi connectivity index (χ1v) is 8.47. The molecular weight excluding hydrogens is 268 g/mol. The number of nitrogens with zero attached hydrogens (tertiary/aromatic N) is 1. The molecule has 2 atom stereocenters. The monoisotopic (exact) mass is 302 g/mol. The van der Waals surface area contributed by atoms with E-state index in [1.54, 1.807) is 7.11 Å².